The van der Waals surface area contributed by atoms with Gasteiger partial charge >= 0.3 is 0 Å². The molecule has 0 amide bonds. The number of unbranched alkanes of at least 4 members (excludes halogenated alkanes) is 5. The minimum absolute atomic E-state index is 0.630. The van der Waals surface area contributed by atoms with Crippen LogP contribution >= 0.6 is 0 Å². The third-order valence-electron chi connectivity index (χ3n) is 2.86. The summed E-state index contributed by atoms with van der Waals surface area (Å²) in [6.07, 6.45) is 10.0. The van der Waals surface area contributed by atoms with Crippen LogP contribution in [0.25, 0.3) is 0 Å². The van der Waals surface area contributed by atoms with E-state index in [1.54, 1.807) is 0 Å². The summed E-state index contributed by atoms with van der Waals surface area (Å²) in [4.78, 5) is 0. The van der Waals surface area contributed by atoms with E-state index in [4.69, 9.17) is 9.16 Å². The third-order valence-corrected chi connectivity index (χ3v) is 3.93. The van der Waals surface area contributed by atoms with E-state index in [1.807, 2.05) is 0 Å². The van der Waals surface area contributed by atoms with Gasteiger partial charge in [-0.15, -0.1) is 0 Å². The first-order chi connectivity index (χ1) is 7.58. The Morgan fingerprint density at radius 2 is 1.56 bits per heavy atom. The Hall–Kier alpha value is 0.137. The van der Waals surface area contributed by atoms with Crippen LogP contribution in [0.3, 0.4) is 0 Å². The second kappa shape index (κ2) is 7.46. The minimum Gasteiger partial charge on any atom is -0.418 e. The third kappa shape index (κ3) is 9.37. The molecule has 0 bridgehead atoms. The zero-order valence-corrected chi connectivity index (χ0v) is 12.3. The summed E-state index contributed by atoms with van der Waals surface area (Å²) >= 11 is 0. The fourth-order valence-corrected chi connectivity index (χ4v) is 2.55. The predicted molar refractivity (Wildman–Crippen MR) is 71.4 cm³/mol. The van der Waals surface area contributed by atoms with E-state index in [9.17, 15) is 0 Å². The highest BCUT2D eigenvalue weighted by atomic mass is 28.4. The van der Waals surface area contributed by atoms with E-state index in [2.05, 4.69) is 19.6 Å². The van der Waals surface area contributed by atoms with Crippen LogP contribution in [-0.2, 0) is 9.16 Å². The molecule has 16 heavy (non-hydrogen) atoms. The van der Waals surface area contributed by atoms with E-state index in [0.29, 0.717) is 6.10 Å². The minimum atomic E-state index is -1.26. The summed E-state index contributed by atoms with van der Waals surface area (Å²) in [7, 11) is -1.26. The van der Waals surface area contributed by atoms with Gasteiger partial charge in [-0.05, 0) is 32.5 Å². The Balaban J connectivity index is 1.70. The lowest BCUT2D eigenvalue weighted by Gasteiger charge is -2.16. The lowest BCUT2D eigenvalue weighted by Crippen LogP contribution is -2.25. The number of hydrogen-bond donors (Lipinski definition) is 0. The quantitative estimate of drug-likeness (QED) is 0.329. The Morgan fingerprint density at radius 1 is 1.00 bits per heavy atom. The zero-order chi connectivity index (χ0) is 11.9. The van der Waals surface area contributed by atoms with Crippen LogP contribution in [0.5, 0.6) is 0 Å². The molecule has 1 aliphatic heterocycles. The van der Waals surface area contributed by atoms with Gasteiger partial charge < -0.3 is 9.16 Å². The fraction of sp³-hybridized carbons (Fsp3) is 1.00. The molecule has 1 fully saturated rings. The maximum Gasteiger partial charge on any atom is 0.183 e. The largest absolute Gasteiger partial charge is 0.418 e. The van der Waals surface area contributed by atoms with E-state index in [0.717, 1.165) is 13.2 Å². The van der Waals surface area contributed by atoms with Gasteiger partial charge in [0.15, 0.2) is 8.32 Å². The van der Waals surface area contributed by atoms with Crippen LogP contribution in [-0.4, -0.2) is 27.6 Å². The smallest absolute Gasteiger partial charge is 0.183 e. The molecule has 0 aliphatic carbocycles. The van der Waals surface area contributed by atoms with Crippen molar-refractivity contribution in [2.75, 3.05) is 13.2 Å². The fourth-order valence-electron chi connectivity index (χ4n) is 1.79. The van der Waals surface area contributed by atoms with E-state index in [1.165, 1.54) is 44.9 Å². The number of ether oxygens (including phenoxy) is 1. The molecular weight excluding hydrogens is 216 g/mol. The second-order valence-corrected chi connectivity index (χ2v) is 10.3. The van der Waals surface area contributed by atoms with Crippen LogP contribution in [0.1, 0.15) is 44.9 Å². The summed E-state index contributed by atoms with van der Waals surface area (Å²) in [5.41, 5.74) is 0. The molecular formula is C13H28O2Si. The van der Waals surface area contributed by atoms with Gasteiger partial charge in [0.05, 0.1) is 12.7 Å². The SMILES string of the molecule is C[Si](C)(C)OCCCCCCCCC1CO1. The number of hydrogen-bond acceptors (Lipinski definition) is 2. The molecule has 0 N–H and O–H groups in total. The van der Waals surface area contributed by atoms with Crippen molar-refractivity contribution >= 4 is 8.32 Å². The molecule has 0 aromatic rings. The van der Waals surface area contributed by atoms with Gasteiger partial charge in [-0.25, -0.2) is 0 Å². The molecule has 1 aliphatic rings. The standard InChI is InChI=1S/C13H28O2Si/c1-16(2,3)15-11-9-7-5-4-6-8-10-13-12-14-13/h13H,4-12H2,1-3H3. The van der Waals surface area contributed by atoms with Gasteiger partial charge in [-0.2, -0.15) is 0 Å². The average molecular weight is 244 g/mol. The summed E-state index contributed by atoms with van der Waals surface area (Å²) in [6, 6.07) is 0. The summed E-state index contributed by atoms with van der Waals surface area (Å²) in [5, 5.41) is 0. The van der Waals surface area contributed by atoms with Gasteiger partial charge in [0.25, 0.3) is 0 Å². The Morgan fingerprint density at radius 3 is 2.12 bits per heavy atom. The molecule has 0 aromatic heterocycles. The Kier molecular flexibility index (Phi) is 6.62. The molecule has 1 rings (SSSR count). The van der Waals surface area contributed by atoms with Crippen molar-refractivity contribution in [1.82, 2.24) is 0 Å². The van der Waals surface area contributed by atoms with E-state index in [-0.39, 0.29) is 0 Å². The van der Waals surface area contributed by atoms with Crippen molar-refractivity contribution < 1.29 is 9.16 Å². The molecule has 0 radical (unpaired) electrons. The van der Waals surface area contributed by atoms with Gasteiger partial charge in [-0.1, -0.05) is 32.1 Å². The van der Waals surface area contributed by atoms with Gasteiger partial charge in [-0.3, -0.25) is 0 Å². The van der Waals surface area contributed by atoms with Gasteiger partial charge in [0.1, 0.15) is 0 Å². The van der Waals surface area contributed by atoms with Crippen molar-refractivity contribution in [3.05, 3.63) is 0 Å². The first kappa shape index (κ1) is 14.2. The molecule has 0 saturated carbocycles. The first-order valence-electron chi connectivity index (χ1n) is 6.83. The van der Waals surface area contributed by atoms with Crippen LogP contribution < -0.4 is 0 Å². The van der Waals surface area contributed by atoms with Crippen molar-refractivity contribution in [2.45, 2.75) is 70.7 Å². The van der Waals surface area contributed by atoms with Crippen molar-refractivity contribution in [3.8, 4) is 0 Å². The Bertz CT molecular complexity index is 173. The Labute approximate surface area is 102 Å². The highest BCUT2D eigenvalue weighted by molar-refractivity contribution is 6.69. The molecule has 1 heterocycles. The molecule has 1 saturated heterocycles. The van der Waals surface area contributed by atoms with Gasteiger partial charge in [0, 0.05) is 6.61 Å². The molecule has 0 spiro atoms. The summed E-state index contributed by atoms with van der Waals surface area (Å²) in [5.74, 6) is 0. The molecule has 1 atom stereocenters. The number of rotatable bonds is 10. The highest BCUT2D eigenvalue weighted by Gasteiger charge is 2.20. The van der Waals surface area contributed by atoms with Crippen molar-refractivity contribution in [2.24, 2.45) is 0 Å². The molecule has 1 unspecified atom stereocenters. The highest BCUT2D eigenvalue weighted by Crippen LogP contribution is 2.18. The van der Waals surface area contributed by atoms with Crippen molar-refractivity contribution in [3.63, 3.8) is 0 Å². The number of epoxide rings is 1. The molecule has 0 aromatic carbocycles. The summed E-state index contributed by atoms with van der Waals surface area (Å²) < 4.78 is 11.0. The van der Waals surface area contributed by atoms with Crippen molar-refractivity contribution in [1.29, 1.82) is 0 Å². The van der Waals surface area contributed by atoms with Crippen LogP contribution in [0, 0.1) is 0 Å². The van der Waals surface area contributed by atoms with E-state index >= 15 is 0 Å². The van der Waals surface area contributed by atoms with Crippen LogP contribution in [0.15, 0.2) is 0 Å². The molecule has 3 heteroatoms. The van der Waals surface area contributed by atoms with Crippen LogP contribution in [0.4, 0.5) is 0 Å². The normalized spacial score (nSPS) is 20.1. The van der Waals surface area contributed by atoms with Crippen LogP contribution in [0.2, 0.25) is 19.6 Å². The average Bonchev–Trinajstić information content (AvgIpc) is 2.97. The lowest BCUT2D eigenvalue weighted by molar-refractivity contribution is 0.298. The van der Waals surface area contributed by atoms with E-state index < -0.39 is 8.32 Å². The second-order valence-electron chi connectivity index (χ2n) is 5.83. The zero-order valence-electron chi connectivity index (χ0n) is 11.3. The molecule has 2 nitrogen and oxygen atoms in total. The van der Waals surface area contributed by atoms with Gasteiger partial charge in [0.2, 0.25) is 0 Å². The first-order valence-corrected chi connectivity index (χ1v) is 10.2. The lowest BCUT2D eigenvalue weighted by atomic mass is 10.1. The topological polar surface area (TPSA) is 21.8 Å². The monoisotopic (exact) mass is 244 g/mol. The predicted octanol–water partition coefficient (Wildman–Crippen LogP) is 3.97. The maximum absolute atomic E-state index is 5.82. The maximum atomic E-state index is 5.82. The molecule has 96 valence electrons. The summed E-state index contributed by atoms with van der Waals surface area (Å²) in [6.45, 7) is 8.77.